The van der Waals surface area contributed by atoms with Crippen LogP contribution in [0.4, 0.5) is 5.69 Å². The molecule has 0 unspecified atom stereocenters. The molecule has 2 aliphatic rings. The number of benzene rings is 1. The van der Waals surface area contributed by atoms with Gasteiger partial charge in [-0.2, -0.15) is 0 Å². The number of phenolic OH excluding ortho intramolecular Hbond substituents is 1. The molecule has 2 heterocycles. The van der Waals surface area contributed by atoms with Crippen molar-refractivity contribution in [3.05, 3.63) is 46.9 Å². The molecule has 156 valence electrons. The average molecular weight is 724 g/mol. The van der Waals surface area contributed by atoms with E-state index in [-0.39, 0.29) is 20.3 Å². The molecular formula is C22H20Br2INO2SeSi. The van der Waals surface area contributed by atoms with E-state index in [1.165, 1.54) is 9.62 Å². The maximum atomic E-state index is 12.4. The number of rotatable bonds is 3. The van der Waals surface area contributed by atoms with Crippen LogP contribution in [0.3, 0.4) is 0 Å². The molecule has 2 aromatic rings. The van der Waals surface area contributed by atoms with Crippen LogP contribution >= 0.6 is 54.5 Å². The zero-order valence-electron chi connectivity index (χ0n) is 16.9. The Morgan fingerprint density at radius 1 is 1.13 bits per heavy atom. The van der Waals surface area contributed by atoms with Gasteiger partial charge < -0.3 is 0 Å². The Hall–Kier alpha value is -0.254. The molecule has 1 aromatic carbocycles. The average Bonchev–Trinajstić information content (AvgIpc) is 2.93. The number of carbonyl (C=O) groups excluding carboxylic acids is 1. The van der Waals surface area contributed by atoms with Crippen molar-refractivity contribution in [2.24, 2.45) is 4.99 Å². The summed E-state index contributed by atoms with van der Waals surface area (Å²) < 4.78 is 4.50. The fourth-order valence-corrected chi connectivity index (χ4v) is 17.0. The number of ketones is 1. The first-order valence-corrected chi connectivity index (χ1v) is 16.2. The van der Waals surface area contributed by atoms with Crippen molar-refractivity contribution in [2.75, 3.05) is 0 Å². The molecular weight excluding hydrogens is 704 g/mol. The first kappa shape index (κ1) is 22.9. The van der Waals surface area contributed by atoms with E-state index >= 15 is 0 Å². The van der Waals surface area contributed by atoms with Crippen molar-refractivity contribution in [1.29, 1.82) is 0 Å². The number of allylic oxidation sites excluding steroid dienone is 4. The van der Waals surface area contributed by atoms with Crippen molar-refractivity contribution < 1.29 is 9.90 Å². The van der Waals surface area contributed by atoms with Gasteiger partial charge in [0, 0.05) is 0 Å². The molecule has 4 rings (SSSR count). The Morgan fingerprint density at radius 2 is 1.80 bits per heavy atom. The molecule has 1 aliphatic carbocycles. The summed E-state index contributed by atoms with van der Waals surface area (Å²) >= 11 is 9.82. The van der Waals surface area contributed by atoms with E-state index in [2.05, 4.69) is 82.1 Å². The van der Waals surface area contributed by atoms with Gasteiger partial charge in [0.1, 0.15) is 0 Å². The predicted octanol–water partition coefficient (Wildman–Crippen LogP) is 6.41. The van der Waals surface area contributed by atoms with Gasteiger partial charge in [0.15, 0.2) is 0 Å². The summed E-state index contributed by atoms with van der Waals surface area (Å²) in [6, 6.07) is 3.72. The van der Waals surface area contributed by atoms with Crippen molar-refractivity contribution >= 4 is 99.4 Å². The first-order chi connectivity index (χ1) is 14.1. The molecule has 1 N–H and O–H groups in total. The standard InChI is InChI=1S/C22H20Br2INO2SeSi/c1-10(2)30(11(3)4)16-9-12(27)5-6-13(16)26-14-7-8-15(28)17(21(14)30)20-19(25)18(23)22(24)29-20/h5-11,28H,1-4H3. The van der Waals surface area contributed by atoms with E-state index in [4.69, 9.17) is 4.99 Å². The SMILES string of the molecule is CC(C)[Si]1(C(C)C)C2=CC(=O)C=CC2=Nc2ccc(O)c(-c3[se]c(Br)c(Br)c3I)c21. The van der Waals surface area contributed by atoms with Crippen LogP contribution in [-0.4, -0.2) is 39.2 Å². The summed E-state index contributed by atoms with van der Waals surface area (Å²) in [6.45, 7) is 9.05. The van der Waals surface area contributed by atoms with Crippen LogP contribution in [0.2, 0.25) is 11.1 Å². The number of carbonyl (C=O) groups is 1. The molecule has 0 bridgehead atoms. The van der Waals surface area contributed by atoms with Crippen LogP contribution < -0.4 is 5.19 Å². The number of phenols is 1. The van der Waals surface area contributed by atoms with Gasteiger partial charge in [-0.15, -0.1) is 0 Å². The minimum absolute atomic E-state index is 0.0262. The second-order valence-corrected chi connectivity index (χ2v) is 19.2. The van der Waals surface area contributed by atoms with Gasteiger partial charge in [-0.3, -0.25) is 0 Å². The monoisotopic (exact) mass is 723 g/mol. The fraction of sp³-hybridized carbons (Fsp3) is 0.273. The van der Waals surface area contributed by atoms with Crippen molar-refractivity contribution in [3.63, 3.8) is 0 Å². The van der Waals surface area contributed by atoms with Crippen molar-refractivity contribution in [3.8, 4) is 15.8 Å². The summed E-state index contributed by atoms with van der Waals surface area (Å²) in [5.74, 6) is 0.329. The zero-order chi connectivity index (χ0) is 22.0. The van der Waals surface area contributed by atoms with Crippen LogP contribution in [0, 0.1) is 3.57 Å². The Labute approximate surface area is 213 Å². The Bertz CT molecular complexity index is 1170. The molecule has 0 amide bonds. The van der Waals surface area contributed by atoms with Gasteiger partial charge in [-0.1, -0.05) is 0 Å². The molecule has 0 spiro atoms. The van der Waals surface area contributed by atoms with Crippen LogP contribution in [0.25, 0.3) is 10.0 Å². The van der Waals surface area contributed by atoms with Gasteiger partial charge in [-0.05, 0) is 0 Å². The zero-order valence-corrected chi connectivity index (χ0v) is 24.9. The quantitative estimate of drug-likeness (QED) is 0.226. The van der Waals surface area contributed by atoms with E-state index in [0.717, 1.165) is 33.5 Å². The molecule has 8 heteroatoms. The second kappa shape index (κ2) is 8.26. The number of halogens is 3. The topological polar surface area (TPSA) is 49.7 Å². The third-order valence-corrected chi connectivity index (χ3v) is 20.2. The molecule has 0 fully saturated rings. The van der Waals surface area contributed by atoms with Gasteiger partial charge >= 0.3 is 216 Å². The van der Waals surface area contributed by atoms with Gasteiger partial charge in [0.05, 0.1) is 0 Å². The van der Waals surface area contributed by atoms with Gasteiger partial charge in [0.25, 0.3) is 0 Å². The van der Waals surface area contributed by atoms with Crippen LogP contribution in [-0.2, 0) is 4.79 Å². The van der Waals surface area contributed by atoms with E-state index in [1.807, 2.05) is 18.2 Å². The van der Waals surface area contributed by atoms with Crippen LogP contribution in [0.5, 0.6) is 5.75 Å². The van der Waals surface area contributed by atoms with Gasteiger partial charge in [0.2, 0.25) is 0 Å². The molecule has 0 atom stereocenters. The summed E-state index contributed by atoms with van der Waals surface area (Å²) in [5.41, 5.74) is 3.45. The number of aromatic hydroxyl groups is 1. The van der Waals surface area contributed by atoms with E-state index in [0.29, 0.717) is 16.8 Å². The fourth-order valence-electron chi connectivity index (χ4n) is 4.92. The summed E-state index contributed by atoms with van der Waals surface area (Å²) in [6.07, 6.45) is 5.29. The van der Waals surface area contributed by atoms with E-state index in [9.17, 15) is 9.90 Å². The summed E-state index contributed by atoms with van der Waals surface area (Å²) in [7, 11) is -2.46. The van der Waals surface area contributed by atoms with Crippen LogP contribution in [0.1, 0.15) is 27.7 Å². The number of hydrogen-bond acceptors (Lipinski definition) is 3. The normalized spacial score (nSPS) is 17.2. The Kier molecular flexibility index (Phi) is 6.32. The third kappa shape index (κ3) is 3.28. The van der Waals surface area contributed by atoms with Gasteiger partial charge in [-0.25, -0.2) is 0 Å². The number of hydrogen-bond donors (Lipinski definition) is 1. The third-order valence-electron chi connectivity index (χ3n) is 6.03. The molecule has 0 radical (unpaired) electrons. The predicted molar refractivity (Wildman–Crippen MR) is 144 cm³/mol. The van der Waals surface area contributed by atoms with Crippen molar-refractivity contribution in [2.45, 2.75) is 38.8 Å². The molecule has 0 saturated carbocycles. The molecule has 3 nitrogen and oxygen atoms in total. The Balaban J connectivity index is 2.20. The molecule has 1 aromatic heterocycles. The minimum atomic E-state index is -2.46. The second-order valence-electron chi connectivity index (χ2n) is 8.16. The summed E-state index contributed by atoms with van der Waals surface area (Å²) in [5, 5.41) is 13.4. The van der Waals surface area contributed by atoms with E-state index < -0.39 is 8.07 Å². The first-order valence-electron chi connectivity index (χ1n) is 9.64. The maximum absolute atomic E-state index is 12.4. The summed E-state index contributed by atoms with van der Waals surface area (Å²) in [4.78, 5) is 17.4. The van der Waals surface area contributed by atoms with Crippen LogP contribution in [0.15, 0.2) is 48.4 Å². The molecule has 30 heavy (non-hydrogen) atoms. The van der Waals surface area contributed by atoms with E-state index in [1.54, 1.807) is 12.1 Å². The molecule has 1 aliphatic heterocycles. The van der Waals surface area contributed by atoms with Crippen molar-refractivity contribution in [1.82, 2.24) is 0 Å². The number of nitrogens with zero attached hydrogens (tertiary/aromatic N) is 1. The number of aliphatic imine (C=N–C) groups is 1. The Morgan fingerprint density at radius 3 is 2.37 bits per heavy atom. The number of fused-ring (bicyclic) bond motifs is 2. The molecule has 0 saturated heterocycles.